The van der Waals surface area contributed by atoms with Crippen LogP contribution in [0.3, 0.4) is 0 Å². The summed E-state index contributed by atoms with van der Waals surface area (Å²) in [7, 11) is 0. The minimum absolute atomic E-state index is 0.0328. The first-order valence-corrected chi connectivity index (χ1v) is 9.86. The van der Waals surface area contributed by atoms with Crippen LogP contribution in [0.2, 0.25) is 0 Å². The molecule has 0 aliphatic carbocycles. The average molecular weight is 478 g/mol. The number of benzene rings is 2. The Morgan fingerprint density at radius 2 is 1.56 bits per heavy atom. The Balaban J connectivity index is 1.73. The van der Waals surface area contributed by atoms with E-state index in [0.29, 0.717) is 5.56 Å². The van der Waals surface area contributed by atoms with Gasteiger partial charge in [0.05, 0.1) is 12.2 Å². The molecule has 0 bridgehead atoms. The minimum Gasteiger partial charge on any atom is -0.508 e. The molecule has 182 valence electrons. The normalized spacial score (nSPS) is 24.6. The number of aromatic hydroxyl groups is 4. The largest absolute Gasteiger partial charge is 0.508 e. The van der Waals surface area contributed by atoms with Crippen LogP contribution in [0.4, 0.5) is 0 Å². The number of phenols is 4. The van der Waals surface area contributed by atoms with Gasteiger partial charge in [-0.2, -0.15) is 0 Å². The van der Waals surface area contributed by atoms with Crippen LogP contribution in [-0.2, 0) is 19.0 Å². The fraction of sp³-hybridized carbons (Fsp3) is 0.273. The van der Waals surface area contributed by atoms with Crippen molar-refractivity contribution in [1.82, 2.24) is 0 Å². The van der Waals surface area contributed by atoms with Crippen LogP contribution in [0.1, 0.15) is 15.9 Å². The standard InChI is InChI=1S/C22H22O12/c23-9-15-18(29)20(34-21(31)11-7-13(25)17(28)14(26)8-11)19(30)22(32-15)33-16(27)6-3-10-1-4-12(24)5-2-10/h1-8,15,18-20,22-26,28-30H,9H2. The zero-order valence-corrected chi connectivity index (χ0v) is 17.4. The van der Waals surface area contributed by atoms with Crippen molar-refractivity contribution in [1.29, 1.82) is 0 Å². The van der Waals surface area contributed by atoms with Crippen LogP contribution >= 0.6 is 0 Å². The molecule has 1 saturated heterocycles. The maximum Gasteiger partial charge on any atom is 0.338 e. The molecule has 2 aromatic rings. The topological polar surface area (TPSA) is 203 Å². The van der Waals surface area contributed by atoms with Crippen molar-refractivity contribution in [2.45, 2.75) is 30.7 Å². The summed E-state index contributed by atoms with van der Waals surface area (Å²) in [5.74, 6) is -4.66. The smallest absolute Gasteiger partial charge is 0.338 e. The first-order chi connectivity index (χ1) is 16.1. The molecule has 1 aliphatic heterocycles. The molecular weight excluding hydrogens is 456 g/mol. The Labute approximate surface area is 192 Å². The van der Waals surface area contributed by atoms with Crippen LogP contribution in [0.5, 0.6) is 23.0 Å². The number of phenolic OH excluding ortho intramolecular Hbond substituents is 4. The van der Waals surface area contributed by atoms with E-state index in [-0.39, 0.29) is 5.75 Å². The number of hydrogen-bond donors (Lipinski definition) is 7. The van der Waals surface area contributed by atoms with Crippen LogP contribution < -0.4 is 0 Å². The van der Waals surface area contributed by atoms with Crippen molar-refractivity contribution >= 4 is 18.0 Å². The number of hydrogen-bond acceptors (Lipinski definition) is 12. The highest BCUT2D eigenvalue weighted by atomic mass is 16.7. The first kappa shape index (κ1) is 24.8. The molecule has 0 amide bonds. The van der Waals surface area contributed by atoms with Crippen molar-refractivity contribution < 1.29 is 59.5 Å². The van der Waals surface area contributed by atoms with E-state index in [1.807, 2.05) is 0 Å². The molecule has 34 heavy (non-hydrogen) atoms. The number of carbonyl (C=O) groups is 2. The molecule has 1 heterocycles. The van der Waals surface area contributed by atoms with Gasteiger partial charge in [0.1, 0.15) is 18.0 Å². The number of esters is 2. The van der Waals surface area contributed by atoms with Crippen molar-refractivity contribution in [2.75, 3.05) is 6.61 Å². The first-order valence-electron chi connectivity index (χ1n) is 9.86. The molecule has 12 heteroatoms. The van der Waals surface area contributed by atoms with Gasteiger partial charge >= 0.3 is 11.9 Å². The molecule has 12 nitrogen and oxygen atoms in total. The molecule has 0 radical (unpaired) electrons. The van der Waals surface area contributed by atoms with Gasteiger partial charge in [0, 0.05) is 6.08 Å². The predicted octanol–water partition coefficient (Wildman–Crippen LogP) is -0.270. The van der Waals surface area contributed by atoms with Gasteiger partial charge in [-0.25, -0.2) is 9.59 Å². The molecule has 3 rings (SSSR count). The third kappa shape index (κ3) is 5.55. The minimum atomic E-state index is -1.88. The third-order valence-corrected chi connectivity index (χ3v) is 4.91. The maximum absolute atomic E-state index is 12.4. The summed E-state index contributed by atoms with van der Waals surface area (Å²) in [6.45, 7) is -0.778. The van der Waals surface area contributed by atoms with E-state index < -0.39 is 72.1 Å². The predicted molar refractivity (Wildman–Crippen MR) is 112 cm³/mol. The van der Waals surface area contributed by atoms with E-state index in [1.165, 1.54) is 30.3 Å². The van der Waals surface area contributed by atoms with Crippen molar-refractivity contribution in [3.63, 3.8) is 0 Å². The highest BCUT2D eigenvalue weighted by Gasteiger charge is 2.48. The lowest BCUT2D eigenvalue weighted by Crippen LogP contribution is -2.60. The fourth-order valence-electron chi connectivity index (χ4n) is 3.11. The van der Waals surface area contributed by atoms with Crippen LogP contribution in [0.25, 0.3) is 6.08 Å². The van der Waals surface area contributed by atoms with E-state index in [4.69, 9.17) is 14.2 Å². The quantitative estimate of drug-likeness (QED) is 0.163. The molecule has 5 atom stereocenters. The molecule has 0 aromatic heterocycles. The summed E-state index contributed by atoms with van der Waals surface area (Å²) in [4.78, 5) is 24.6. The van der Waals surface area contributed by atoms with Crippen molar-refractivity contribution in [2.24, 2.45) is 0 Å². The van der Waals surface area contributed by atoms with Gasteiger partial charge in [-0.15, -0.1) is 0 Å². The summed E-state index contributed by atoms with van der Waals surface area (Å²) in [5, 5.41) is 68.1. The Morgan fingerprint density at radius 1 is 0.941 bits per heavy atom. The third-order valence-electron chi connectivity index (χ3n) is 4.91. The lowest BCUT2D eigenvalue weighted by atomic mass is 9.99. The van der Waals surface area contributed by atoms with Gasteiger partial charge in [0.25, 0.3) is 0 Å². The van der Waals surface area contributed by atoms with Crippen molar-refractivity contribution in [3.05, 3.63) is 53.6 Å². The number of aliphatic hydroxyl groups is 3. The van der Waals surface area contributed by atoms with E-state index in [1.54, 1.807) is 0 Å². The van der Waals surface area contributed by atoms with E-state index in [0.717, 1.165) is 18.2 Å². The SMILES string of the molecule is O=C(C=Cc1ccc(O)cc1)OC1OC(CO)C(O)C(OC(=O)c2cc(O)c(O)c(O)c2)C1O. The Morgan fingerprint density at radius 3 is 2.15 bits per heavy atom. The average Bonchev–Trinajstić information content (AvgIpc) is 2.81. The van der Waals surface area contributed by atoms with Gasteiger partial charge in [0.15, 0.2) is 29.5 Å². The van der Waals surface area contributed by atoms with Crippen LogP contribution in [0.15, 0.2) is 42.5 Å². The van der Waals surface area contributed by atoms with Crippen LogP contribution in [-0.4, -0.2) is 85.0 Å². The second kappa shape index (κ2) is 10.4. The maximum atomic E-state index is 12.4. The summed E-state index contributed by atoms with van der Waals surface area (Å²) in [6.07, 6.45) is -6.13. The number of ether oxygens (including phenoxy) is 3. The highest BCUT2D eigenvalue weighted by molar-refractivity contribution is 5.91. The van der Waals surface area contributed by atoms with E-state index in [9.17, 15) is 45.3 Å². The van der Waals surface area contributed by atoms with E-state index in [2.05, 4.69) is 0 Å². The highest BCUT2D eigenvalue weighted by Crippen LogP contribution is 2.36. The number of carbonyl (C=O) groups excluding carboxylic acids is 2. The second-order valence-electron chi connectivity index (χ2n) is 7.30. The van der Waals surface area contributed by atoms with Gasteiger partial charge < -0.3 is 50.0 Å². The lowest BCUT2D eigenvalue weighted by Gasteiger charge is -2.40. The Kier molecular flexibility index (Phi) is 7.58. The lowest BCUT2D eigenvalue weighted by molar-refractivity contribution is -0.290. The van der Waals surface area contributed by atoms with Gasteiger partial charge in [-0.05, 0) is 35.9 Å². The zero-order chi connectivity index (χ0) is 25.0. The van der Waals surface area contributed by atoms with Gasteiger partial charge in [-0.1, -0.05) is 12.1 Å². The second-order valence-corrected chi connectivity index (χ2v) is 7.30. The summed E-state index contributed by atoms with van der Waals surface area (Å²) in [5.41, 5.74) is 0.125. The van der Waals surface area contributed by atoms with Crippen LogP contribution in [0, 0.1) is 0 Å². The molecule has 2 aromatic carbocycles. The fourth-order valence-corrected chi connectivity index (χ4v) is 3.11. The van der Waals surface area contributed by atoms with Gasteiger partial charge in [0.2, 0.25) is 6.29 Å². The summed E-state index contributed by atoms with van der Waals surface area (Å²) >= 11 is 0. The molecule has 0 saturated carbocycles. The summed E-state index contributed by atoms with van der Waals surface area (Å²) < 4.78 is 15.3. The van der Waals surface area contributed by atoms with Crippen molar-refractivity contribution in [3.8, 4) is 23.0 Å². The molecular formula is C22H22O12. The van der Waals surface area contributed by atoms with Gasteiger partial charge in [-0.3, -0.25) is 0 Å². The molecule has 5 unspecified atom stereocenters. The molecule has 1 aliphatic rings. The number of aliphatic hydroxyl groups excluding tert-OH is 3. The molecule has 0 spiro atoms. The zero-order valence-electron chi connectivity index (χ0n) is 17.4. The molecule has 1 fully saturated rings. The Bertz CT molecular complexity index is 1040. The number of rotatable bonds is 6. The monoisotopic (exact) mass is 478 g/mol. The Hall–Kier alpha value is -3.84. The summed E-state index contributed by atoms with van der Waals surface area (Å²) in [6, 6.07) is 7.42. The molecule has 7 N–H and O–H groups in total. The van der Waals surface area contributed by atoms with E-state index >= 15 is 0 Å².